The molecule has 1 aromatic carbocycles. The average Bonchev–Trinajstić information content (AvgIpc) is 2.41. The van der Waals surface area contributed by atoms with E-state index < -0.39 is 18.6 Å². The van der Waals surface area contributed by atoms with Gasteiger partial charge in [-0.2, -0.15) is 13.2 Å². The minimum Gasteiger partial charge on any atom is -0.492 e. The second-order valence-corrected chi connectivity index (χ2v) is 4.53. The number of hydrogen-bond donors (Lipinski definition) is 3. The third-order valence-electron chi connectivity index (χ3n) is 2.66. The molecule has 5 nitrogen and oxygen atoms in total. The van der Waals surface area contributed by atoms with Crippen molar-refractivity contribution in [2.24, 2.45) is 10.9 Å². The second-order valence-electron chi connectivity index (χ2n) is 4.53. The van der Waals surface area contributed by atoms with Crippen LogP contribution in [-0.2, 0) is 0 Å². The van der Waals surface area contributed by atoms with E-state index in [1.165, 1.54) is 6.92 Å². The molecule has 1 atom stereocenters. The van der Waals surface area contributed by atoms with Gasteiger partial charge in [-0.1, -0.05) is 5.16 Å². The van der Waals surface area contributed by atoms with Crippen molar-refractivity contribution in [2.45, 2.75) is 25.6 Å². The van der Waals surface area contributed by atoms with Gasteiger partial charge in [-0.3, -0.25) is 0 Å². The van der Waals surface area contributed by atoms with Gasteiger partial charge in [0.15, 0.2) is 5.84 Å². The zero-order valence-electron chi connectivity index (χ0n) is 11.5. The molecule has 1 aromatic rings. The minimum absolute atomic E-state index is 0.0100. The maximum absolute atomic E-state index is 12.1. The standard InChI is InChI=1S/C13H18F3N3O2/c1-9(8-13(14,15)16)18-6-7-21-11-4-2-10(3-5-11)12(17)19-20/h2-5,9,18,20H,6-8H2,1H3,(H2,17,19). The summed E-state index contributed by atoms with van der Waals surface area (Å²) in [7, 11) is 0. The molecule has 0 aliphatic rings. The Hall–Kier alpha value is -1.96. The van der Waals surface area contributed by atoms with Crippen LogP contribution in [0.4, 0.5) is 13.2 Å². The van der Waals surface area contributed by atoms with Crippen molar-refractivity contribution in [2.75, 3.05) is 13.2 Å². The smallest absolute Gasteiger partial charge is 0.390 e. The monoisotopic (exact) mass is 305 g/mol. The van der Waals surface area contributed by atoms with Gasteiger partial charge < -0.3 is 21.0 Å². The van der Waals surface area contributed by atoms with E-state index >= 15 is 0 Å². The van der Waals surface area contributed by atoms with E-state index in [1.807, 2.05) is 0 Å². The Kier molecular flexibility index (Phi) is 6.29. The van der Waals surface area contributed by atoms with Crippen LogP contribution in [0.3, 0.4) is 0 Å². The summed E-state index contributed by atoms with van der Waals surface area (Å²) < 4.78 is 41.7. The molecule has 0 aliphatic carbocycles. The number of alkyl halides is 3. The lowest BCUT2D eigenvalue weighted by Crippen LogP contribution is -2.33. The van der Waals surface area contributed by atoms with Crippen LogP contribution in [0.25, 0.3) is 0 Å². The number of ether oxygens (including phenoxy) is 1. The normalized spacial score (nSPS) is 14.0. The number of halogens is 3. The highest BCUT2D eigenvalue weighted by Crippen LogP contribution is 2.21. The van der Waals surface area contributed by atoms with Crippen molar-refractivity contribution in [3.05, 3.63) is 29.8 Å². The number of nitrogens with two attached hydrogens (primary N) is 1. The molecule has 0 saturated heterocycles. The molecule has 1 unspecified atom stereocenters. The number of hydrogen-bond acceptors (Lipinski definition) is 4. The van der Waals surface area contributed by atoms with Gasteiger partial charge in [0.05, 0.1) is 6.42 Å². The summed E-state index contributed by atoms with van der Waals surface area (Å²) >= 11 is 0. The van der Waals surface area contributed by atoms with Crippen molar-refractivity contribution in [3.63, 3.8) is 0 Å². The lowest BCUT2D eigenvalue weighted by molar-refractivity contribution is -0.139. The summed E-state index contributed by atoms with van der Waals surface area (Å²) in [4.78, 5) is 0. The highest BCUT2D eigenvalue weighted by atomic mass is 19.4. The Labute approximate surface area is 120 Å². The first-order valence-electron chi connectivity index (χ1n) is 6.32. The van der Waals surface area contributed by atoms with E-state index in [-0.39, 0.29) is 12.4 Å². The molecule has 0 aliphatic heterocycles. The van der Waals surface area contributed by atoms with Gasteiger partial charge >= 0.3 is 6.18 Å². The van der Waals surface area contributed by atoms with Crippen molar-refractivity contribution in [3.8, 4) is 5.75 Å². The molecule has 0 saturated carbocycles. The van der Waals surface area contributed by atoms with Gasteiger partial charge in [0.2, 0.25) is 0 Å². The lowest BCUT2D eigenvalue weighted by Gasteiger charge is -2.16. The number of amidine groups is 1. The Morgan fingerprint density at radius 3 is 2.52 bits per heavy atom. The van der Waals surface area contributed by atoms with Crippen LogP contribution in [0.15, 0.2) is 29.4 Å². The second kappa shape index (κ2) is 7.72. The Bertz CT molecular complexity index is 461. The van der Waals surface area contributed by atoms with Crippen molar-refractivity contribution < 1.29 is 23.1 Å². The predicted octanol–water partition coefficient (Wildman–Crippen LogP) is 2.09. The van der Waals surface area contributed by atoms with E-state index in [9.17, 15) is 13.2 Å². The van der Waals surface area contributed by atoms with E-state index in [0.29, 0.717) is 17.9 Å². The van der Waals surface area contributed by atoms with Crippen LogP contribution in [0.1, 0.15) is 18.9 Å². The third-order valence-corrected chi connectivity index (χ3v) is 2.66. The van der Waals surface area contributed by atoms with Crippen LogP contribution in [0.5, 0.6) is 5.75 Å². The quantitative estimate of drug-likeness (QED) is 0.237. The van der Waals surface area contributed by atoms with Crippen molar-refractivity contribution in [1.29, 1.82) is 0 Å². The SMILES string of the molecule is CC(CC(F)(F)F)NCCOc1ccc(/C(N)=N/O)cc1. The molecule has 0 spiro atoms. The first-order chi connectivity index (χ1) is 9.81. The summed E-state index contributed by atoms with van der Waals surface area (Å²) in [5.74, 6) is 0.541. The van der Waals surface area contributed by atoms with E-state index in [2.05, 4.69) is 10.5 Å². The highest BCUT2D eigenvalue weighted by molar-refractivity contribution is 5.97. The van der Waals surface area contributed by atoms with E-state index in [4.69, 9.17) is 15.7 Å². The fraction of sp³-hybridized carbons (Fsp3) is 0.462. The first-order valence-corrected chi connectivity index (χ1v) is 6.32. The van der Waals surface area contributed by atoms with E-state index in [1.54, 1.807) is 24.3 Å². The van der Waals surface area contributed by atoms with Crippen LogP contribution in [-0.4, -0.2) is 36.4 Å². The van der Waals surface area contributed by atoms with Crippen molar-refractivity contribution >= 4 is 5.84 Å². The van der Waals surface area contributed by atoms with Gasteiger partial charge in [0.25, 0.3) is 0 Å². The van der Waals surface area contributed by atoms with Crippen LogP contribution in [0.2, 0.25) is 0 Å². The summed E-state index contributed by atoms with van der Waals surface area (Å²) in [6, 6.07) is 5.84. The van der Waals surface area contributed by atoms with Gasteiger partial charge in [0, 0.05) is 18.2 Å². The van der Waals surface area contributed by atoms with Crippen LogP contribution < -0.4 is 15.8 Å². The molecule has 0 amide bonds. The number of nitrogens with one attached hydrogen (secondary N) is 1. The Morgan fingerprint density at radius 1 is 1.38 bits per heavy atom. The Balaban J connectivity index is 2.30. The maximum Gasteiger partial charge on any atom is 0.390 e. The molecule has 4 N–H and O–H groups in total. The molecule has 0 aromatic heterocycles. The maximum atomic E-state index is 12.1. The van der Waals surface area contributed by atoms with E-state index in [0.717, 1.165) is 0 Å². The third kappa shape index (κ3) is 6.84. The molecule has 0 fully saturated rings. The minimum atomic E-state index is -4.17. The molecule has 0 radical (unpaired) electrons. The molecule has 0 bridgehead atoms. The summed E-state index contributed by atoms with van der Waals surface area (Å²) in [6.45, 7) is 2.02. The van der Waals surface area contributed by atoms with Crippen LogP contribution >= 0.6 is 0 Å². The van der Waals surface area contributed by atoms with Gasteiger partial charge in [-0.25, -0.2) is 0 Å². The average molecular weight is 305 g/mol. The molecular formula is C13H18F3N3O2. The van der Waals surface area contributed by atoms with Gasteiger partial charge in [0.1, 0.15) is 12.4 Å². The zero-order chi connectivity index (χ0) is 15.9. The molecule has 8 heteroatoms. The number of nitrogens with zero attached hydrogens (tertiary/aromatic N) is 1. The molecule has 118 valence electrons. The number of oxime groups is 1. The fourth-order valence-corrected chi connectivity index (χ4v) is 1.67. The molecule has 1 rings (SSSR count). The summed E-state index contributed by atoms with van der Waals surface area (Å²) in [5.41, 5.74) is 5.95. The molecule has 0 heterocycles. The largest absolute Gasteiger partial charge is 0.492 e. The van der Waals surface area contributed by atoms with Gasteiger partial charge in [-0.05, 0) is 31.2 Å². The predicted molar refractivity (Wildman–Crippen MR) is 72.6 cm³/mol. The lowest BCUT2D eigenvalue weighted by atomic mass is 10.2. The number of rotatable bonds is 7. The van der Waals surface area contributed by atoms with Crippen molar-refractivity contribution in [1.82, 2.24) is 5.32 Å². The summed E-state index contributed by atoms with van der Waals surface area (Å²) in [5, 5.41) is 14.1. The first kappa shape index (κ1) is 17.1. The van der Waals surface area contributed by atoms with Gasteiger partial charge in [-0.15, -0.1) is 0 Å². The number of benzene rings is 1. The van der Waals surface area contributed by atoms with Crippen LogP contribution in [0, 0.1) is 0 Å². The topological polar surface area (TPSA) is 79.9 Å². The zero-order valence-corrected chi connectivity index (χ0v) is 11.5. The Morgan fingerprint density at radius 2 is 2.00 bits per heavy atom. The fourth-order valence-electron chi connectivity index (χ4n) is 1.67. The highest BCUT2D eigenvalue weighted by Gasteiger charge is 2.29. The summed E-state index contributed by atoms with van der Waals surface area (Å²) in [6.07, 6.45) is -5.04. The molecular weight excluding hydrogens is 287 g/mol. The molecule has 21 heavy (non-hydrogen) atoms.